The summed E-state index contributed by atoms with van der Waals surface area (Å²) in [6, 6.07) is 16.2. The number of aliphatic hydroxyl groups is 1. The van der Waals surface area contributed by atoms with E-state index in [0.717, 1.165) is 5.56 Å². The van der Waals surface area contributed by atoms with E-state index in [9.17, 15) is 4.79 Å². The molecule has 0 unspecified atom stereocenters. The van der Waals surface area contributed by atoms with E-state index in [-0.39, 0.29) is 24.8 Å². The second-order valence-corrected chi connectivity index (χ2v) is 4.95. The number of amides is 1. The Morgan fingerprint density at radius 2 is 1.88 bits per heavy atom. The van der Waals surface area contributed by atoms with Gasteiger partial charge in [-0.2, -0.15) is 0 Å². The highest BCUT2D eigenvalue weighted by Gasteiger charge is 2.13. The molecule has 6 nitrogen and oxygen atoms in total. The molecule has 2 N–H and O–H groups in total. The fourth-order valence-corrected chi connectivity index (χ4v) is 2.08. The molecule has 1 amide bonds. The maximum Gasteiger partial charge on any atom is 0.277 e. The van der Waals surface area contributed by atoms with E-state index >= 15 is 0 Å². The highest BCUT2D eigenvalue weighted by molar-refractivity contribution is 6.02. The molecule has 3 aromatic rings. The van der Waals surface area contributed by atoms with Gasteiger partial charge in [-0.15, -0.1) is 0 Å². The molecule has 0 fully saturated rings. The van der Waals surface area contributed by atoms with Gasteiger partial charge >= 0.3 is 0 Å². The van der Waals surface area contributed by atoms with Crippen molar-refractivity contribution in [3.05, 3.63) is 66.6 Å². The summed E-state index contributed by atoms with van der Waals surface area (Å²) in [6.45, 7) is 0.182. The standard InChI is InChI=1S/C18H16N2O4/c21-10-11-23-15-8-6-14(7-9-15)19-17(22)16-12-24-18(20-16)13-4-2-1-3-5-13/h1-9,12,21H,10-11H2,(H,19,22). The van der Waals surface area contributed by atoms with Crippen molar-refractivity contribution in [3.63, 3.8) is 0 Å². The molecule has 24 heavy (non-hydrogen) atoms. The van der Waals surface area contributed by atoms with Gasteiger partial charge in [-0.3, -0.25) is 4.79 Å². The Morgan fingerprint density at radius 1 is 1.12 bits per heavy atom. The monoisotopic (exact) mass is 324 g/mol. The Labute approximate surface area is 138 Å². The van der Waals surface area contributed by atoms with Gasteiger partial charge in [-0.05, 0) is 36.4 Å². The number of hydrogen-bond donors (Lipinski definition) is 2. The number of aromatic nitrogens is 1. The fourth-order valence-electron chi connectivity index (χ4n) is 2.08. The molecule has 0 saturated heterocycles. The molecular weight excluding hydrogens is 308 g/mol. The van der Waals surface area contributed by atoms with Crippen molar-refractivity contribution in [1.82, 2.24) is 4.98 Å². The zero-order valence-electron chi connectivity index (χ0n) is 12.8. The van der Waals surface area contributed by atoms with Gasteiger partial charge in [0, 0.05) is 11.3 Å². The van der Waals surface area contributed by atoms with Crippen LogP contribution in [0, 0.1) is 0 Å². The molecule has 0 aliphatic heterocycles. The summed E-state index contributed by atoms with van der Waals surface area (Å²) in [5, 5.41) is 11.5. The largest absolute Gasteiger partial charge is 0.491 e. The van der Waals surface area contributed by atoms with Crippen LogP contribution in [-0.4, -0.2) is 29.2 Å². The van der Waals surface area contributed by atoms with Crippen molar-refractivity contribution < 1.29 is 19.1 Å². The Hall–Kier alpha value is -3.12. The number of carbonyl (C=O) groups is 1. The van der Waals surface area contributed by atoms with Gasteiger partial charge in [0.2, 0.25) is 5.89 Å². The smallest absolute Gasteiger partial charge is 0.277 e. The lowest BCUT2D eigenvalue weighted by atomic mass is 10.2. The van der Waals surface area contributed by atoms with Gasteiger partial charge in [0.25, 0.3) is 5.91 Å². The Morgan fingerprint density at radius 3 is 2.58 bits per heavy atom. The van der Waals surface area contributed by atoms with Crippen LogP contribution in [0.1, 0.15) is 10.5 Å². The van der Waals surface area contributed by atoms with E-state index in [1.807, 2.05) is 30.3 Å². The van der Waals surface area contributed by atoms with Crippen LogP contribution in [0.15, 0.2) is 65.3 Å². The maximum atomic E-state index is 12.2. The van der Waals surface area contributed by atoms with Crippen LogP contribution in [0.3, 0.4) is 0 Å². The van der Waals surface area contributed by atoms with Crippen molar-refractivity contribution in [2.45, 2.75) is 0 Å². The van der Waals surface area contributed by atoms with Gasteiger partial charge in [0.1, 0.15) is 18.6 Å². The second kappa shape index (κ2) is 7.43. The van der Waals surface area contributed by atoms with E-state index in [4.69, 9.17) is 14.3 Å². The molecule has 0 atom stereocenters. The van der Waals surface area contributed by atoms with Crippen LogP contribution >= 0.6 is 0 Å². The zero-order chi connectivity index (χ0) is 16.8. The van der Waals surface area contributed by atoms with Gasteiger partial charge in [0.05, 0.1) is 6.61 Å². The number of rotatable bonds is 6. The quantitative estimate of drug-likeness (QED) is 0.728. The first-order chi connectivity index (χ1) is 11.8. The molecule has 0 spiro atoms. The molecule has 2 aromatic carbocycles. The van der Waals surface area contributed by atoms with Crippen LogP contribution < -0.4 is 10.1 Å². The number of oxazole rings is 1. The van der Waals surface area contributed by atoms with Gasteiger partial charge < -0.3 is 19.6 Å². The third-order valence-electron chi connectivity index (χ3n) is 3.23. The number of carbonyl (C=O) groups excluding carboxylic acids is 1. The summed E-state index contributed by atoms with van der Waals surface area (Å²) in [4.78, 5) is 16.4. The van der Waals surface area contributed by atoms with Crippen molar-refractivity contribution in [2.24, 2.45) is 0 Å². The molecule has 0 aliphatic carbocycles. The van der Waals surface area contributed by atoms with Crippen molar-refractivity contribution in [2.75, 3.05) is 18.5 Å². The van der Waals surface area contributed by atoms with Crippen LogP contribution in [0.25, 0.3) is 11.5 Å². The van der Waals surface area contributed by atoms with E-state index in [1.54, 1.807) is 24.3 Å². The number of aliphatic hydroxyl groups excluding tert-OH is 1. The summed E-state index contributed by atoms with van der Waals surface area (Å²) in [5.74, 6) is 0.660. The minimum atomic E-state index is -0.357. The molecule has 0 aliphatic rings. The summed E-state index contributed by atoms with van der Waals surface area (Å²) in [6.07, 6.45) is 1.33. The van der Waals surface area contributed by atoms with Gasteiger partial charge in [-0.25, -0.2) is 4.98 Å². The summed E-state index contributed by atoms with van der Waals surface area (Å²) in [5.41, 5.74) is 1.62. The Balaban J connectivity index is 1.66. The van der Waals surface area contributed by atoms with E-state index in [1.165, 1.54) is 6.26 Å². The van der Waals surface area contributed by atoms with Crippen LogP contribution in [0.2, 0.25) is 0 Å². The second-order valence-electron chi connectivity index (χ2n) is 4.95. The highest BCUT2D eigenvalue weighted by atomic mass is 16.5. The number of nitrogens with zero attached hydrogens (tertiary/aromatic N) is 1. The third kappa shape index (κ3) is 3.80. The minimum absolute atomic E-state index is 0.0472. The first-order valence-corrected chi connectivity index (χ1v) is 7.42. The molecular formula is C18H16N2O4. The molecule has 1 heterocycles. The first-order valence-electron chi connectivity index (χ1n) is 7.42. The summed E-state index contributed by atoms with van der Waals surface area (Å²) in [7, 11) is 0. The Kier molecular flexibility index (Phi) is 4.88. The summed E-state index contributed by atoms with van der Waals surface area (Å²) < 4.78 is 10.6. The normalized spacial score (nSPS) is 10.4. The lowest BCUT2D eigenvalue weighted by molar-refractivity contribution is 0.102. The minimum Gasteiger partial charge on any atom is -0.491 e. The first kappa shape index (κ1) is 15.8. The molecule has 3 rings (SSSR count). The predicted octanol–water partition coefficient (Wildman–Crippen LogP) is 2.97. The average molecular weight is 324 g/mol. The molecule has 122 valence electrons. The number of anilines is 1. The predicted molar refractivity (Wildman–Crippen MR) is 88.9 cm³/mol. The molecule has 0 radical (unpaired) electrons. The number of hydrogen-bond acceptors (Lipinski definition) is 5. The van der Waals surface area contributed by atoms with Crippen LogP contribution in [0.5, 0.6) is 5.75 Å². The van der Waals surface area contributed by atoms with E-state index in [0.29, 0.717) is 17.3 Å². The topological polar surface area (TPSA) is 84.6 Å². The number of nitrogens with one attached hydrogen (secondary N) is 1. The SMILES string of the molecule is O=C(Nc1ccc(OCCO)cc1)c1coc(-c2ccccc2)n1. The van der Waals surface area contributed by atoms with Gasteiger partial charge in [-0.1, -0.05) is 18.2 Å². The third-order valence-corrected chi connectivity index (χ3v) is 3.23. The summed E-state index contributed by atoms with van der Waals surface area (Å²) >= 11 is 0. The van der Waals surface area contributed by atoms with Crippen molar-refractivity contribution in [1.29, 1.82) is 0 Å². The zero-order valence-corrected chi connectivity index (χ0v) is 12.8. The molecule has 0 saturated carbocycles. The highest BCUT2D eigenvalue weighted by Crippen LogP contribution is 2.19. The fraction of sp³-hybridized carbons (Fsp3) is 0.111. The average Bonchev–Trinajstić information content (AvgIpc) is 3.12. The van der Waals surface area contributed by atoms with Gasteiger partial charge in [0.15, 0.2) is 5.69 Å². The molecule has 0 bridgehead atoms. The number of ether oxygens (including phenoxy) is 1. The van der Waals surface area contributed by atoms with Crippen LogP contribution in [0.4, 0.5) is 5.69 Å². The van der Waals surface area contributed by atoms with E-state index in [2.05, 4.69) is 10.3 Å². The number of benzene rings is 2. The Bertz CT molecular complexity index is 797. The molecule has 6 heteroatoms. The van der Waals surface area contributed by atoms with E-state index < -0.39 is 0 Å². The lowest BCUT2D eigenvalue weighted by Gasteiger charge is -2.06. The van der Waals surface area contributed by atoms with Crippen molar-refractivity contribution in [3.8, 4) is 17.2 Å². The van der Waals surface area contributed by atoms with Crippen molar-refractivity contribution >= 4 is 11.6 Å². The van der Waals surface area contributed by atoms with Crippen LogP contribution in [-0.2, 0) is 0 Å². The lowest BCUT2D eigenvalue weighted by Crippen LogP contribution is -2.12. The molecule has 1 aromatic heterocycles. The maximum absolute atomic E-state index is 12.2.